The van der Waals surface area contributed by atoms with E-state index in [2.05, 4.69) is 0 Å². The SMILES string of the molecule is COc1ccc(CC(=O)N(Cc2ccco2)C2CCS(=O)(=O)C2)cc1OC. The van der Waals surface area contributed by atoms with Crippen molar-refractivity contribution >= 4 is 15.7 Å². The van der Waals surface area contributed by atoms with Crippen LogP contribution in [0.5, 0.6) is 11.5 Å². The van der Waals surface area contributed by atoms with Crippen molar-refractivity contribution in [3.8, 4) is 11.5 Å². The number of amides is 1. The monoisotopic (exact) mass is 393 g/mol. The summed E-state index contributed by atoms with van der Waals surface area (Å²) in [6, 6.07) is 8.49. The fraction of sp³-hybridized carbons (Fsp3) is 0.421. The van der Waals surface area contributed by atoms with E-state index in [4.69, 9.17) is 13.9 Å². The summed E-state index contributed by atoms with van der Waals surface area (Å²) < 4.78 is 39.7. The molecule has 146 valence electrons. The summed E-state index contributed by atoms with van der Waals surface area (Å²) in [5.74, 6) is 1.70. The molecule has 2 heterocycles. The highest BCUT2D eigenvalue weighted by molar-refractivity contribution is 7.91. The van der Waals surface area contributed by atoms with E-state index in [1.165, 1.54) is 13.4 Å². The van der Waals surface area contributed by atoms with Gasteiger partial charge in [-0.3, -0.25) is 4.79 Å². The molecule has 0 radical (unpaired) electrons. The number of carbonyl (C=O) groups excluding carboxylic acids is 1. The molecule has 0 bridgehead atoms. The first kappa shape index (κ1) is 19.3. The summed E-state index contributed by atoms with van der Waals surface area (Å²) >= 11 is 0. The van der Waals surface area contributed by atoms with Crippen molar-refractivity contribution in [2.75, 3.05) is 25.7 Å². The Morgan fingerprint density at radius 3 is 2.59 bits per heavy atom. The molecule has 1 amide bonds. The van der Waals surface area contributed by atoms with Crippen molar-refractivity contribution in [1.82, 2.24) is 4.90 Å². The lowest BCUT2D eigenvalue weighted by Gasteiger charge is -2.27. The van der Waals surface area contributed by atoms with Gasteiger partial charge in [-0.15, -0.1) is 0 Å². The number of furan rings is 1. The van der Waals surface area contributed by atoms with E-state index in [-0.39, 0.29) is 36.4 Å². The van der Waals surface area contributed by atoms with Gasteiger partial charge in [-0.25, -0.2) is 8.42 Å². The largest absolute Gasteiger partial charge is 0.493 e. The Hall–Kier alpha value is -2.48. The summed E-state index contributed by atoms with van der Waals surface area (Å²) in [5.41, 5.74) is 0.767. The summed E-state index contributed by atoms with van der Waals surface area (Å²) in [6.45, 7) is 0.249. The number of sulfone groups is 1. The fourth-order valence-electron chi connectivity index (χ4n) is 3.28. The van der Waals surface area contributed by atoms with Crippen LogP contribution >= 0.6 is 0 Å². The van der Waals surface area contributed by atoms with Gasteiger partial charge in [-0.2, -0.15) is 0 Å². The topological polar surface area (TPSA) is 86.0 Å². The Bertz CT molecular complexity index is 891. The van der Waals surface area contributed by atoms with Gasteiger partial charge in [0.15, 0.2) is 21.3 Å². The minimum Gasteiger partial charge on any atom is -0.493 e. The Labute approximate surface area is 158 Å². The number of hydrogen-bond donors (Lipinski definition) is 0. The number of methoxy groups -OCH3 is 2. The van der Waals surface area contributed by atoms with Gasteiger partial charge >= 0.3 is 0 Å². The molecule has 1 unspecified atom stereocenters. The minimum atomic E-state index is -3.11. The maximum absolute atomic E-state index is 13.0. The lowest BCUT2D eigenvalue weighted by Crippen LogP contribution is -2.41. The normalized spacial score (nSPS) is 18.2. The second-order valence-corrected chi connectivity index (χ2v) is 8.75. The van der Waals surface area contributed by atoms with Crippen LogP contribution in [0.4, 0.5) is 0 Å². The van der Waals surface area contributed by atoms with Crippen LogP contribution in [0.25, 0.3) is 0 Å². The zero-order chi connectivity index (χ0) is 19.4. The van der Waals surface area contributed by atoms with Gasteiger partial charge in [-0.05, 0) is 36.2 Å². The van der Waals surface area contributed by atoms with E-state index < -0.39 is 9.84 Å². The van der Waals surface area contributed by atoms with Crippen LogP contribution in [0.3, 0.4) is 0 Å². The Morgan fingerprint density at radius 1 is 1.22 bits per heavy atom. The number of nitrogens with zero attached hydrogens (tertiary/aromatic N) is 1. The van der Waals surface area contributed by atoms with Gasteiger partial charge in [0, 0.05) is 6.04 Å². The maximum atomic E-state index is 13.0. The smallest absolute Gasteiger partial charge is 0.227 e. The summed E-state index contributed by atoms with van der Waals surface area (Å²) in [7, 11) is -0.0188. The van der Waals surface area contributed by atoms with Crippen LogP contribution in [0.1, 0.15) is 17.7 Å². The molecule has 1 aromatic carbocycles. The third-order valence-corrected chi connectivity index (χ3v) is 6.43. The summed E-state index contributed by atoms with van der Waals surface area (Å²) in [5, 5.41) is 0. The molecular weight excluding hydrogens is 370 g/mol. The molecule has 0 saturated carbocycles. The van der Waals surface area contributed by atoms with Gasteiger partial charge in [0.2, 0.25) is 5.91 Å². The molecule has 27 heavy (non-hydrogen) atoms. The van der Waals surface area contributed by atoms with Crippen LogP contribution < -0.4 is 9.47 Å². The van der Waals surface area contributed by atoms with E-state index in [1.54, 1.807) is 42.3 Å². The number of ether oxygens (including phenoxy) is 2. The van der Waals surface area contributed by atoms with Gasteiger partial charge in [0.05, 0.1) is 45.0 Å². The lowest BCUT2D eigenvalue weighted by molar-refractivity contribution is -0.133. The first-order valence-corrected chi connectivity index (χ1v) is 10.5. The predicted octanol–water partition coefficient (Wildman–Crippen LogP) is 2.06. The van der Waals surface area contributed by atoms with E-state index in [0.29, 0.717) is 23.7 Å². The molecule has 1 aromatic heterocycles. The summed E-state index contributed by atoms with van der Waals surface area (Å²) in [6.07, 6.45) is 2.12. The van der Waals surface area contributed by atoms with Crippen molar-refractivity contribution in [3.63, 3.8) is 0 Å². The van der Waals surface area contributed by atoms with Crippen LogP contribution in [-0.2, 0) is 27.6 Å². The number of rotatable bonds is 7. The van der Waals surface area contributed by atoms with Gasteiger partial charge < -0.3 is 18.8 Å². The molecular formula is C19H23NO6S. The van der Waals surface area contributed by atoms with Crippen molar-refractivity contribution < 1.29 is 27.1 Å². The van der Waals surface area contributed by atoms with E-state index in [9.17, 15) is 13.2 Å². The average molecular weight is 393 g/mol. The molecule has 1 saturated heterocycles. The van der Waals surface area contributed by atoms with Crippen molar-refractivity contribution in [1.29, 1.82) is 0 Å². The zero-order valence-electron chi connectivity index (χ0n) is 15.4. The second kappa shape index (κ2) is 8.04. The number of carbonyl (C=O) groups is 1. The molecule has 1 atom stereocenters. The molecule has 0 N–H and O–H groups in total. The third-order valence-electron chi connectivity index (χ3n) is 4.68. The summed E-state index contributed by atoms with van der Waals surface area (Å²) in [4.78, 5) is 14.6. The van der Waals surface area contributed by atoms with Crippen molar-refractivity contribution in [3.05, 3.63) is 47.9 Å². The molecule has 1 aliphatic rings. The van der Waals surface area contributed by atoms with E-state index >= 15 is 0 Å². The van der Waals surface area contributed by atoms with Crippen molar-refractivity contribution in [2.45, 2.75) is 25.4 Å². The Kier molecular flexibility index (Phi) is 5.74. The predicted molar refractivity (Wildman–Crippen MR) is 99.6 cm³/mol. The molecule has 8 heteroatoms. The lowest BCUT2D eigenvalue weighted by atomic mass is 10.1. The van der Waals surface area contributed by atoms with Gasteiger partial charge in [-0.1, -0.05) is 6.07 Å². The van der Waals surface area contributed by atoms with Crippen LogP contribution in [-0.4, -0.2) is 51.0 Å². The first-order valence-electron chi connectivity index (χ1n) is 8.65. The minimum absolute atomic E-state index is 0.00855. The first-order chi connectivity index (χ1) is 12.9. The van der Waals surface area contributed by atoms with Crippen LogP contribution in [0.2, 0.25) is 0 Å². The zero-order valence-corrected chi connectivity index (χ0v) is 16.2. The van der Waals surface area contributed by atoms with Gasteiger partial charge in [0.1, 0.15) is 5.76 Å². The molecule has 0 aliphatic carbocycles. The molecule has 2 aromatic rings. The quantitative estimate of drug-likeness (QED) is 0.716. The highest BCUT2D eigenvalue weighted by Crippen LogP contribution is 2.28. The maximum Gasteiger partial charge on any atom is 0.227 e. The highest BCUT2D eigenvalue weighted by atomic mass is 32.2. The van der Waals surface area contributed by atoms with Crippen LogP contribution in [0.15, 0.2) is 41.0 Å². The molecule has 1 fully saturated rings. The second-order valence-electron chi connectivity index (χ2n) is 6.52. The van der Waals surface area contributed by atoms with E-state index in [0.717, 1.165) is 5.56 Å². The standard InChI is InChI=1S/C19H23NO6S/c1-24-17-6-5-14(10-18(17)25-2)11-19(21)20(12-16-4-3-8-26-16)15-7-9-27(22,23)13-15/h3-6,8,10,15H,7,9,11-13H2,1-2H3. The molecule has 7 nitrogen and oxygen atoms in total. The molecule has 1 aliphatic heterocycles. The Balaban J connectivity index is 1.80. The number of benzene rings is 1. The average Bonchev–Trinajstić information content (AvgIpc) is 3.28. The number of hydrogen-bond acceptors (Lipinski definition) is 6. The van der Waals surface area contributed by atoms with E-state index in [1.807, 2.05) is 0 Å². The fourth-order valence-corrected chi connectivity index (χ4v) is 5.01. The van der Waals surface area contributed by atoms with Crippen LogP contribution in [0, 0.1) is 0 Å². The molecule has 0 spiro atoms. The van der Waals surface area contributed by atoms with Crippen molar-refractivity contribution in [2.24, 2.45) is 0 Å². The Morgan fingerprint density at radius 2 is 2.00 bits per heavy atom. The van der Waals surface area contributed by atoms with Gasteiger partial charge in [0.25, 0.3) is 0 Å². The molecule has 3 rings (SSSR count). The third kappa shape index (κ3) is 4.63. The highest BCUT2D eigenvalue weighted by Gasteiger charge is 2.35.